The summed E-state index contributed by atoms with van der Waals surface area (Å²) in [6, 6.07) is 0. The minimum Gasteiger partial charge on any atom is -0.381 e. The smallest absolute Gasteiger partial charge is 0.350 e. The van der Waals surface area contributed by atoms with E-state index >= 15 is 0 Å². The number of aromatic nitrogens is 4. The predicted octanol–water partition coefficient (Wildman–Crippen LogP) is -0.261. The van der Waals surface area contributed by atoms with Gasteiger partial charge in [-0.15, -0.1) is 0 Å². The summed E-state index contributed by atoms with van der Waals surface area (Å²) < 4.78 is 29.8. The van der Waals surface area contributed by atoms with Crippen LogP contribution in [0.2, 0.25) is 0 Å². The van der Waals surface area contributed by atoms with E-state index in [2.05, 4.69) is 15.1 Å². The van der Waals surface area contributed by atoms with Crippen LogP contribution in [0.15, 0.2) is 12.5 Å². The minimum absolute atomic E-state index is 0.0497. The zero-order chi connectivity index (χ0) is 14.8. The Balaban J connectivity index is 2.14. The van der Waals surface area contributed by atoms with Crippen molar-refractivity contribution < 1.29 is 23.5 Å². The summed E-state index contributed by atoms with van der Waals surface area (Å²) in [4.78, 5) is 25.2. The fraction of sp³-hybridized carbons (Fsp3) is 0.444. The summed E-state index contributed by atoms with van der Waals surface area (Å²) >= 11 is 0. The molecule has 0 radical (unpaired) electrons. The van der Waals surface area contributed by atoms with Crippen LogP contribution in [0.1, 0.15) is 5.69 Å². The highest BCUT2D eigenvalue weighted by Gasteiger charge is 2.20. The Morgan fingerprint density at radius 1 is 1.50 bits per heavy atom. The third kappa shape index (κ3) is 3.48. The molecule has 0 aliphatic heterocycles. The Hall–Kier alpha value is -1.61. The van der Waals surface area contributed by atoms with Crippen LogP contribution in [0.3, 0.4) is 0 Å². The number of alkyl halides is 1. The number of anilines is 1. The van der Waals surface area contributed by atoms with Gasteiger partial charge < -0.3 is 20.3 Å². The van der Waals surface area contributed by atoms with Gasteiger partial charge in [-0.05, 0) is 0 Å². The molecule has 0 fully saturated rings. The number of rotatable bonds is 6. The van der Waals surface area contributed by atoms with Crippen LogP contribution in [0.25, 0.3) is 5.65 Å². The van der Waals surface area contributed by atoms with Gasteiger partial charge in [-0.3, -0.25) is 4.57 Å². The molecule has 20 heavy (non-hydrogen) atoms. The summed E-state index contributed by atoms with van der Waals surface area (Å²) in [5, 5.41) is 3.93. The molecule has 0 aromatic carbocycles. The molecule has 2 heterocycles. The van der Waals surface area contributed by atoms with Crippen molar-refractivity contribution in [1.29, 1.82) is 0 Å². The molecule has 2 rings (SSSR count). The monoisotopic (exact) mass is 305 g/mol. The maximum Gasteiger partial charge on any atom is 0.350 e. The van der Waals surface area contributed by atoms with E-state index in [0.29, 0.717) is 11.3 Å². The van der Waals surface area contributed by atoms with Crippen molar-refractivity contribution in [1.82, 2.24) is 19.6 Å². The van der Waals surface area contributed by atoms with Gasteiger partial charge in [0.05, 0.1) is 18.0 Å². The second-order valence-electron chi connectivity index (χ2n) is 4.07. The van der Waals surface area contributed by atoms with E-state index in [9.17, 15) is 8.96 Å². The second kappa shape index (κ2) is 5.80. The molecule has 9 nitrogen and oxygen atoms in total. The Bertz CT molecular complexity index is 644. The lowest BCUT2D eigenvalue weighted by Crippen LogP contribution is -2.20. The summed E-state index contributed by atoms with van der Waals surface area (Å²) in [6.07, 6.45) is 0.876. The first-order valence-corrected chi connectivity index (χ1v) is 7.35. The maximum atomic E-state index is 12.8. The number of nitrogens with two attached hydrogens (primary N) is 1. The third-order valence-electron chi connectivity index (χ3n) is 2.49. The molecule has 0 spiro atoms. The Kier molecular flexibility index (Phi) is 4.29. The molecule has 0 bridgehead atoms. The van der Waals surface area contributed by atoms with Crippen LogP contribution < -0.4 is 5.73 Å². The van der Waals surface area contributed by atoms with Gasteiger partial charge in [0.25, 0.3) is 0 Å². The zero-order valence-corrected chi connectivity index (χ0v) is 11.2. The van der Waals surface area contributed by atoms with Gasteiger partial charge in [-0.25, -0.2) is 18.9 Å². The minimum atomic E-state index is -4.34. The molecular weight excluding hydrogens is 292 g/mol. The van der Waals surface area contributed by atoms with Crippen molar-refractivity contribution in [2.75, 3.05) is 18.8 Å². The lowest BCUT2D eigenvalue weighted by molar-refractivity contribution is 0.0552. The average Bonchev–Trinajstić information content (AvgIpc) is 2.78. The average molecular weight is 305 g/mol. The Morgan fingerprint density at radius 2 is 2.25 bits per heavy atom. The highest BCUT2D eigenvalue weighted by molar-refractivity contribution is 7.51. The van der Waals surface area contributed by atoms with Crippen molar-refractivity contribution in [3.63, 3.8) is 0 Å². The van der Waals surface area contributed by atoms with Crippen LogP contribution in [0.4, 0.5) is 10.2 Å². The molecule has 0 aliphatic rings. The predicted molar refractivity (Wildman–Crippen MR) is 66.7 cm³/mol. The summed E-state index contributed by atoms with van der Waals surface area (Å²) in [7, 11) is -4.34. The SMILES string of the molecule is Nc1ncnn2c(C[C@@H](CF)OCP(=O)(O)O)cnc12. The third-order valence-corrected chi connectivity index (χ3v) is 2.97. The largest absolute Gasteiger partial charge is 0.381 e. The van der Waals surface area contributed by atoms with E-state index in [-0.39, 0.29) is 12.2 Å². The van der Waals surface area contributed by atoms with E-state index in [0.717, 1.165) is 0 Å². The molecule has 110 valence electrons. The van der Waals surface area contributed by atoms with Crippen molar-refractivity contribution >= 4 is 19.1 Å². The van der Waals surface area contributed by atoms with Crippen molar-refractivity contribution in [2.24, 2.45) is 0 Å². The van der Waals surface area contributed by atoms with Crippen molar-refractivity contribution in [3.05, 3.63) is 18.2 Å². The standard InChI is InChI=1S/C9H13FN5O4P/c10-2-7(19-5-20(16,17)18)1-6-3-12-9-8(11)13-4-14-15(6)9/h3-4,7H,1-2,5H2,(H2,11,13,14)(H2,16,17,18)/t7-/m0/s1. The first-order chi connectivity index (χ1) is 9.40. The fourth-order valence-electron chi connectivity index (χ4n) is 1.61. The van der Waals surface area contributed by atoms with Crippen LogP contribution >= 0.6 is 7.60 Å². The van der Waals surface area contributed by atoms with Crippen LogP contribution in [0, 0.1) is 0 Å². The van der Waals surface area contributed by atoms with Gasteiger partial charge in [0.1, 0.15) is 19.3 Å². The first-order valence-electron chi connectivity index (χ1n) is 5.56. The van der Waals surface area contributed by atoms with E-state index < -0.39 is 26.7 Å². The van der Waals surface area contributed by atoms with Gasteiger partial charge >= 0.3 is 7.60 Å². The number of ether oxygens (including phenoxy) is 1. The molecular formula is C9H13FN5O4P. The summed E-state index contributed by atoms with van der Waals surface area (Å²) in [5.41, 5.74) is 6.44. The van der Waals surface area contributed by atoms with Gasteiger partial charge in [-0.2, -0.15) is 5.10 Å². The molecule has 0 saturated heterocycles. The Morgan fingerprint density at radius 3 is 2.90 bits per heavy atom. The first kappa shape index (κ1) is 14.8. The van der Waals surface area contributed by atoms with Crippen LogP contribution in [-0.2, 0) is 15.7 Å². The number of nitrogen functional groups attached to an aromatic ring is 1. The topological polar surface area (TPSA) is 136 Å². The van der Waals surface area contributed by atoms with Crippen LogP contribution in [0.5, 0.6) is 0 Å². The summed E-state index contributed by atoms with van der Waals surface area (Å²) in [5.74, 6) is 0.180. The number of nitrogens with zero attached hydrogens (tertiary/aromatic N) is 4. The van der Waals surface area contributed by atoms with Gasteiger partial charge in [0.2, 0.25) is 0 Å². The molecule has 2 aromatic rings. The van der Waals surface area contributed by atoms with Gasteiger partial charge in [0.15, 0.2) is 11.5 Å². The highest BCUT2D eigenvalue weighted by Crippen LogP contribution is 2.34. The number of hydrogen-bond acceptors (Lipinski definition) is 6. The normalized spacial score (nSPS) is 13.8. The number of halogens is 1. The van der Waals surface area contributed by atoms with E-state index in [1.54, 1.807) is 0 Å². The highest BCUT2D eigenvalue weighted by atomic mass is 31.2. The molecule has 0 unspecified atom stereocenters. The van der Waals surface area contributed by atoms with Gasteiger partial charge in [0, 0.05) is 6.42 Å². The molecule has 0 amide bonds. The number of imidazole rings is 1. The zero-order valence-electron chi connectivity index (χ0n) is 10.3. The van der Waals surface area contributed by atoms with E-state index in [1.807, 2.05) is 0 Å². The fourth-order valence-corrected chi connectivity index (χ4v) is 2.02. The molecule has 0 saturated carbocycles. The van der Waals surface area contributed by atoms with E-state index in [1.165, 1.54) is 17.0 Å². The molecule has 2 aromatic heterocycles. The lowest BCUT2D eigenvalue weighted by Gasteiger charge is -2.14. The van der Waals surface area contributed by atoms with E-state index in [4.69, 9.17) is 20.3 Å². The number of hydrogen-bond donors (Lipinski definition) is 3. The maximum absolute atomic E-state index is 12.8. The second-order valence-corrected chi connectivity index (χ2v) is 5.66. The lowest BCUT2D eigenvalue weighted by atomic mass is 10.2. The van der Waals surface area contributed by atoms with Gasteiger partial charge in [-0.1, -0.05) is 0 Å². The Labute approximate surface area is 112 Å². The number of fused-ring (bicyclic) bond motifs is 1. The quantitative estimate of drug-likeness (QED) is 0.621. The van der Waals surface area contributed by atoms with Crippen LogP contribution in [-0.4, -0.2) is 48.5 Å². The van der Waals surface area contributed by atoms with Crippen molar-refractivity contribution in [2.45, 2.75) is 12.5 Å². The molecule has 0 aliphatic carbocycles. The summed E-state index contributed by atoms with van der Waals surface area (Å²) in [6.45, 7) is -0.895. The van der Waals surface area contributed by atoms with Crippen molar-refractivity contribution in [3.8, 4) is 0 Å². The molecule has 4 N–H and O–H groups in total. The molecule has 1 atom stereocenters. The molecule has 11 heteroatoms.